The van der Waals surface area contributed by atoms with Crippen LogP contribution in [0.25, 0.3) is 11.3 Å². The number of aryl methyl sites for hydroxylation is 1. The van der Waals surface area contributed by atoms with Crippen LogP contribution in [0.4, 0.5) is 0 Å². The second-order valence-corrected chi connectivity index (χ2v) is 8.20. The third-order valence-electron chi connectivity index (χ3n) is 5.95. The first kappa shape index (κ1) is 21.1. The smallest absolute Gasteiger partial charge is 0.289 e. The molecule has 1 atom stereocenters. The van der Waals surface area contributed by atoms with Crippen LogP contribution in [-0.4, -0.2) is 52.5 Å². The lowest BCUT2D eigenvalue weighted by Gasteiger charge is -2.37. The van der Waals surface area contributed by atoms with Gasteiger partial charge in [0.2, 0.25) is 5.76 Å². The van der Waals surface area contributed by atoms with Crippen molar-refractivity contribution in [1.29, 1.82) is 0 Å². The predicted molar refractivity (Wildman–Crippen MR) is 117 cm³/mol. The van der Waals surface area contributed by atoms with Crippen molar-refractivity contribution in [2.24, 2.45) is 13.0 Å². The molecule has 0 aliphatic carbocycles. The van der Waals surface area contributed by atoms with Gasteiger partial charge in [0.05, 0.1) is 19.3 Å². The number of nitrogens with zero attached hydrogens (tertiary/aromatic N) is 4. The summed E-state index contributed by atoms with van der Waals surface area (Å²) in [5, 5.41) is 11.2. The number of methoxy groups -OCH3 is 1. The average molecular weight is 424 g/mol. The molecule has 1 aromatic carbocycles. The van der Waals surface area contributed by atoms with E-state index in [0.717, 1.165) is 48.7 Å². The highest BCUT2D eigenvalue weighted by atomic mass is 16.5. The van der Waals surface area contributed by atoms with Gasteiger partial charge in [-0.25, -0.2) is 0 Å². The number of ether oxygens (including phenoxy) is 1. The highest BCUT2D eigenvalue weighted by Crippen LogP contribution is 2.28. The number of benzene rings is 1. The Balaban J connectivity index is 1.46. The molecule has 8 nitrogen and oxygen atoms in total. The Hall–Kier alpha value is -3.13. The zero-order chi connectivity index (χ0) is 21.8. The van der Waals surface area contributed by atoms with E-state index in [1.54, 1.807) is 24.1 Å². The van der Waals surface area contributed by atoms with E-state index in [1.165, 1.54) is 0 Å². The lowest BCUT2D eigenvalue weighted by atomic mass is 9.95. The number of nitrogens with one attached hydrogen (secondary N) is 1. The van der Waals surface area contributed by atoms with Crippen molar-refractivity contribution in [2.75, 3.05) is 26.7 Å². The Morgan fingerprint density at radius 3 is 2.68 bits per heavy atom. The molecule has 1 unspecified atom stereocenters. The Morgan fingerprint density at radius 2 is 2.03 bits per heavy atom. The van der Waals surface area contributed by atoms with E-state index in [2.05, 4.69) is 39.5 Å². The van der Waals surface area contributed by atoms with Gasteiger partial charge in [0.25, 0.3) is 5.91 Å². The predicted octanol–water partition coefficient (Wildman–Crippen LogP) is 3.29. The zero-order valence-electron chi connectivity index (χ0n) is 18.2. The SMILES string of the molecule is COc1ccc(C(CNC(=O)c2cc(-c3cnn(C)c3)no2)N2CCC(C)CC2)cc1. The molecule has 31 heavy (non-hydrogen) atoms. The number of rotatable bonds is 7. The summed E-state index contributed by atoms with van der Waals surface area (Å²) in [6.45, 7) is 4.82. The topological polar surface area (TPSA) is 85.4 Å². The van der Waals surface area contributed by atoms with Crippen molar-refractivity contribution >= 4 is 5.91 Å². The van der Waals surface area contributed by atoms with E-state index < -0.39 is 0 Å². The summed E-state index contributed by atoms with van der Waals surface area (Å²) >= 11 is 0. The van der Waals surface area contributed by atoms with Gasteiger partial charge in [0.15, 0.2) is 0 Å². The lowest BCUT2D eigenvalue weighted by molar-refractivity contribution is 0.0878. The molecule has 4 rings (SSSR count). The molecule has 0 spiro atoms. The van der Waals surface area contributed by atoms with Crippen LogP contribution in [0.15, 0.2) is 47.2 Å². The molecular formula is C23H29N5O3. The van der Waals surface area contributed by atoms with E-state index in [0.29, 0.717) is 12.2 Å². The summed E-state index contributed by atoms with van der Waals surface area (Å²) in [6.07, 6.45) is 5.85. The summed E-state index contributed by atoms with van der Waals surface area (Å²) in [6, 6.07) is 9.81. The Bertz CT molecular complexity index is 1000. The molecule has 1 saturated heterocycles. The second kappa shape index (κ2) is 9.34. The third-order valence-corrected chi connectivity index (χ3v) is 5.95. The number of carbonyl (C=O) groups is 1. The molecule has 164 valence electrons. The van der Waals surface area contributed by atoms with Crippen LogP contribution in [-0.2, 0) is 7.05 Å². The maximum Gasteiger partial charge on any atom is 0.289 e. The molecule has 1 amide bonds. The molecule has 1 N–H and O–H groups in total. The first-order valence-electron chi connectivity index (χ1n) is 10.7. The van der Waals surface area contributed by atoms with Crippen LogP contribution in [0.1, 0.15) is 41.9 Å². The van der Waals surface area contributed by atoms with E-state index in [-0.39, 0.29) is 17.7 Å². The number of amides is 1. The quantitative estimate of drug-likeness (QED) is 0.628. The Morgan fingerprint density at radius 1 is 1.29 bits per heavy atom. The van der Waals surface area contributed by atoms with E-state index in [4.69, 9.17) is 9.26 Å². The van der Waals surface area contributed by atoms with Gasteiger partial charge in [-0.1, -0.05) is 24.2 Å². The van der Waals surface area contributed by atoms with Crippen molar-refractivity contribution in [3.63, 3.8) is 0 Å². The number of aromatic nitrogens is 3. The van der Waals surface area contributed by atoms with Gasteiger partial charge >= 0.3 is 0 Å². The summed E-state index contributed by atoms with van der Waals surface area (Å²) < 4.78 is 12.3. The summed E-state index contributed by atoms with van der Waals surface area (Å²) in [5.74, 6) is 1.48. The number of carbonyl (C=O) groups excluding carboxylic acids is 1. The van der Waals surface area contributed by atoms with Crippen molar-refractivity contribution in [3.05, 3.63) is 54.0 Å². The second-order valence-electron chi connectivity index (χ2n) is 8.20. The maximum atomic E-state index is 12.8. The lowest BCUT2D eigenvalue weighted by Crippen LogP contribution is -2.41. The molecule has 3 aromatic rings. The molecule has 2 aromatic heterocycles. The fourth-order valence-corrected chi connectivity index (χ4v) is 3.97. The van der Waals surface area contributed by atoms with Crippen LogP contribution in [0.3, 0.4) is 0 Å². The summed E-state index contributed by atoms with van der Waals surface area (Å²) in [5.41, 5.74) is 2.56. The molecule has 0 radical (unpaired) electrons. The molecule has 0 saturated carbocycles. The van der Waals surface area contributed by atoms with Gasteiger partial charge in [-0.05, 0) is 49.5 Å². The fraction of sp³-hybridized carbons (Fsp3) is 0.435. The van der Waals surface area contributed by atoms with Crippen LogP contribution in [0.5, 0.6) is 5.75 Å². The van der Waals surface area contributed by atoms with Crippen molar-refractivity contribution in [1.82, 2.24) is 25.2 Å². The Kier molecular flexibility index (Phi) is 6.36. The zero-order valence-corrected chi connectivity index (χ0v) is 18.2. The number of piperidine rings is 1. The molecule has 8 heteroatoms. The monoisotopic (exact) mass is 423 g/mol. The van der Waals surface area contributed by atoms with Crippen LogP contribution < -0.4 is 10.1 Å². The summed E-state index contributed by atoms with van der Waals surface area (Å²) in [4.78, 5) is 15.2. The highest BCUT2D eigenvalue weighted by Gasteiger charge is 2.26. The normalized spacial score (nSPS) is 16.2. The number of likely N-dealkylation sites (tertiary alicyclic amines) is 1. The molecule has 0 bridgehead atoms. The number of hydrogen-bond donors (Lipinski definition) is 1. The minimum atomic E-state index is -0.272. The highest BCUT2D eigenvalue weighted by molar-refractivity contribution is 5.92. The molecule has 3 heterocycles. The minimum Gasteiger partial charge on any atom is -0.497 e. The van der Waals surface area contributed by atoms with Crippen LogP contribution in [0.2, 0.25) is 0 Å². The van der Waals surface area contributed by atoms with Gasteiger partial charge in [-0.15, -0.1) is 0 Å². The number of hydrogen-bond acceptors (Lipinski definition) is 6. The molecule has 1 aliphatic rings. The van der Waals surface area contributed by atoms with Crippen molar-refractivity contribution in [3.8, 4) is 17.0 Å². The van der Waals surface area contributed by atoms with Gasteiger partial charge < -0.3 is 14.6 Å². The maximum absolute atomic E-state index is 12.8. The van der Waals surface area contributed by atoms with E-state index in [9.17, 15) is 4.79 Å². The van der Waals surface area contributed by atoms with Crippen LogP contribution in [0, 0.1) is 5.92 Å². The van der Waals surface area contributed by atoms with Gasteiger partial charge in [-0.3, -0.25) is 14.4 Å². The third kappa shape index (κ3) is 4.96. The first-order chi connectivity index (χ1) is 15.0. The largest absolute Gasteiger partial charge is 0.497 e. The van der Waals surface area contributed by atoms with Crippen LogP contribution >= 0.6 is 0 Å². The standard InChI is InChI=1S/C23H29N5O3/c1-16-8-10-28(11-9-16)21(17-4-6-19(30-3)7-5-17)14-24-23(29)22-12-20(26-31-22)18-13-25-27(2)15-18/h4-7,12-13,15-16,21H,8-11,14H2,1-3H3,(H,24,29). The van der Waals surface area contributed by atoms with Gasteiger partial charge in [0, 0.05) is 31.4 Å². The first-order valence-corrected chi connectivity index (χ1v) is 10.7. The van der Waals surface area contributed by atoms with E-state index in [1.807, 2.05) is 25.4 Å². The fourth-order valence-electron chi connectivity index (χ4n) is 3.97. The van der Waals surface area contributed by atoms with E-state index >= 15 is 0 Å². The minimum absolute atomic E-state index is 0.0862. The molecule has 1 fully saturated rings. The van der Waals surface area contributed by atoms with Gasteiger partial charge in [-0.2, -0.15) is 5.10 Å². The average Bonchev–Trinajstić information content (AvgIpc) is 3.44. The van der Waals surface area contributed by atoms with Crippen molar-refractivity contribution in [2.45, 2.75) is 25.8 Å². The molecular weight excluding hydrogens is 394 g/mol. The molecule has 1 aliphatic heterocycles. The van der Waals surface area contributed by atoms with Gasteiger partial charge in [0.1, 0.15) is 11.4 Å². The Labute approximate surface area is 182 Å². The van der Waals surface area contributed by atoms with Crippen molar-refractivity contribution < 1.29 is 14.1 Å². The summed E-state index contributed by atoms with van der Waals surface area (Å²) in [7, 11) is 3.49.